The van der Waals surface area contributed by atoms with E-state index in [-0.39, 0.29) is 0 Å². The third-order valence-electron chi connectivity index (χ3n) is 2.05. The predicted molar refractivity (Wildman–Crippen MR) is 73.9 cm³/mol. The molecule has 0 aliphatic rings. The number of nitrogen functional groups attached to an aromatic ring is 2. The Balaban J connectivity index is 1.72. The van der Waals surface area contributed by atoms with Crippen molar-refractivity contribution in [3.63, 3.8) is 0 Å². The third-order valence-corrected chi connectivity index (χ3v) is 5.00. The van der Waals surface area contributed by atoms with Gasteiger partial charge in [-0.05, 0) is 0 Å². The van der Waals surface area contributed by atoms with Crippen LogP contribution in [0.15, 0.2) is 0 Å². The number of nitrogens with zero attached hydrogens (tertiary/aromatic N) is 4. The van der Waals surface area contributed by atoms with Crippen molar-refractivity contribution >= 4 is 43.7 Å². The topological polar surface area (TPSA) is 121 Å². The third kappa shape index (κ3) is 3.96. The van der Waals surface area contributed by atoms with Crippen LogP contribution in [0.1, 0.15) is 10.0 Å². The van der Waals surface area contributed by atoms with Gasteiger partial charge in [-0.25, -0.2) is 0 Å². The summed E-state index contributed by atoms with van der Waals surface area (Å²) < 4.78 is 11.8. The minimum absolute atomic E-state index is 0.445. The second-order valence-electron chi connectivity index (χ2n) is 3.42. The van der Waals surface area contributed by atoms with Gasteiger partial charge in [0.2, 0.25) is 10.3 Å². The fraction of sp³-hybridized carbons (Fsp3) is 0.500. The first-order chi connectivity index (χ1) is 8.63. The highest BCUT2D eigenvalue weighted by Crippen LogP contribution is 2.13. The smallest absolute Gasteiger partial charge is 0.203 e. The van der Waals surface area contributed by atoms with Crippen molar-refractivity contribution in [3.05, 3.63) is 10.0 Å². The molecule has 0 saturated carbocycles. The molecule has 0 unspecified atom stereocenters. The summed E-state index contributed by atoms with van der Waals surface area (Å²) in [5.74, 6) is 1.12. The van der Waals surface area contributed by atoms with E-state index in [2.05, 4.69) is 20.4 Å². The van der Waals surface area contributed by atoms with Crippen molar-refractivity contribution in [1.82, 2.24) is 20.4 Å². The maximum absolute atomic E-state index is 11.8. The predicted octanol–water partition coefficient (Wildman–Crippen LogP) is 0.0879. The van der Waals surface area contributed by atoms with E-state index < -0.39 is 10.8 Å². The lowest BCUT2D eigenvalue weighted by Crippen LogP contribution is -2.07. The lowest BCUT2D eigenvalue weighted by atomic mass is 10.5. The van der Waals surface area contributed by atoms with Gasteiger partial charge in [-0.1, -0.05) is 22.7 Å². The molecule has 0 aliphatic heterocycles. The molecule has 2 aromatic rings. The minimum atomic E-state index is -0.906. The number of rotatable bonds is 6. The minimum Gasteiger partial charge on any atom is -0.374 e. The van der Waals surface area contributed by atoms with Gasteiger partial charge in [-0.3, -0.25) is 4.21 Å². The zero-order valence-corrected chi connectivity index (χ0v) is 11.9. The van der Waals surface area contributed by atoms with Gasteiger partial charge < -0.3 is 11.5 Å². The summed E-state index contributed by atoms with van der Waals surface area (Å²) in [5, 5.41) is 17.7. The van der Waals surface area contributed by atoms with E-state index in [1.54, 1.807) is 0 Å². The van der Waals surface area contributed by atoms with Crippen molar-refractivity contribution in [2.45, 2.75) is 12.8 Å². The summed E-state index contributed by atoms with van der Waals surface area (Å²) in [6.07, 6.45) is 1.28. The molecular weight excluding hydrogens is 292 g/mol. The number of aryl methyl sites for hydroxylation is 2. The number of anilines is 2. The molecule has 0 bridgehead atoms. The monoisotopic (exact) mass is 304 g/mol. The van der Waals surface area contributed by atoms with Gasteiger partial charge >= 0.3 is 0 Å². The first-order valence-electron chi connectivity index (χ1n) is 5.14. The van der Waals surface area contributed by atoms with Crippen LogP contribution in [0.2, 0.25) is 0 Å². The average molecular weight is 304 g/mol. The van der Waals surface area contributed by atoms with Crippen molar-refractivity contribution in [2.75, 3.05) is 23.0 Å². The molecule has 0 spiro atoms. The van der Waals surface area contributed by atoms with E-state index in [0.717, 1.165) is 10.0 Å². The van der Waals surface area contributed by atoms with Crippen molar-refractivity contribution < 1.29 is 4.21 Å². The second kappa shape index (κ2) is 6.16. The summed E-state index contributed by atoms with van der Waals surface area (Å²) in [4.78, 5) is 0. The molecule has 0 atom stereocenters. The van der Waals surface area contributed by atoms with Gasteiger partial charge in [-0.15, -0.1) is 20.4 Å². The van der Waals surface area contributed by atoms with Crippen LogP contribution in [-0.2, 0) is 23.6 Å². The largest absolute Gasteiger partial charge is 0.374 e. The number of aromatic nitrogens is 4. The molecule has 0 saturated heterocycles. The summed E-state index contributed by atoms with van der Waals surface area (Å²) in [7, 11) is -0.906. The highest BCUT2D eigenvalue weighted by molar-refractivity contribution is 7.84. The van der Waals surface area contributed by atoms with E-state index in [9.17, 15) is 4.21 Å². The Kier molecular flexibility index (Phi) is 4.55. The maximum atomic E-state index is 11.8. The molecule has 0 aliphatic carbocycles. The fourth-order valence-electron chi connectivity index (χ4n) is 1.24. The lowest BCUT2D eigenvalue weighted by Gasteiger charge is -1.98. The Morgan fingerprint density at radius 2 is 1.33 bits per heavy atom. The van der Waals surface area contributed by atoms with Crippen LogP contribution in [0.25, 0.3) is 0 Å². The molecule has 18 heavy (non-hydrogen) atoms. The SMILES string of the molecule is Nc1nnc(CCS(=O)CCc2nnc(N)s2)s1. The van der Waals surface area contributed by atoms with Crippen LogP contribution in [-0.4, -0.2) is 36.1 Å². The Hall–Kier alpha value is -1.13. The van der Waals surface area contributed by atoms with Gasteiger partial charge in [0.25, 0.3) is 0 Å². The zero-order chi connectivity index (χ0) is 13.0. The Bertz CT molecular complexity index is 492. The summed E-state index contributed by atoms with van der Waals surface area (Å²) in [6, 6.07) is 0. The standard InChI is InChI=1S/C8H12N6OS3/c9-7-13-11-5(16-7)1-3-18(15)4-2-6-12-14-8(10)17-6/h1-4H2,(H2,9,13)(H2,10,14). The van der Waals surface area contributed by atoms with Gasteiger partial charge in [0.05, 0.1) is 0 Å². The molecule has 10 heteroatoms. The fourth-order valence-corrected chi connectivity index (χ4v) is 3.76. The highest BCUT2D eigenvalue weighted by Gasteiger charge is 2.07. The molecule has 2 rings (SSSR count). The van der Waals surface area contributed by atoms with Gasteiger partial charge in [0.15, 0.2) is 0 Å². The van der Waals surface area contributed by atoms with Crippen molar-refractivity contribution in [3.8, 4) is 0 Å². The molecule has 2 heterocycles. The molecular formula is C8H12N6OS3. The highest BCUT2D eigenvalue weighted by atomic mass is 32.2. The van der Waals surface area contributed by atoms with E-state index >= 15 is 0 Å². The quantitative estimate of drug-likeness (QED) is 0.775. The normalized spacial score (nSPS) is 11.2. The van der Waals surface area contributed by atoms with Crippen molar-refractivity contribution in [2.24, 2.45) is 0 Å². The molecule has 0 fully saturated rings. The molecule has 7 nitrogen and oxygen atoms in total. The van der Waals surface area contributed by atoms with E-state index in [1.165, 1.54) is 22.7 Å². The summed E-state index contributed by atoms with van der Waals surface area (Å²) >= 11 is 2.66. The Labute approximate surface area is 114 Å². The number of hydrogen-bond donors (Lipinski definition) is 2. The van der Waals surface area contributed by atoms with Crippen LogP contribution in [0, 0.1) is 0 Å². The summed E-state index contributed by atoms with van der Waals surface area (Å²) in [5.41, 5.74) is 10.9. The Morgan fingerprint density at radius 1 is 0.889 bits per heavy atom. The van der Waals surface area contributed by atoms with E-state index in [1.807, 2.05) is 0 Å². The molecule has 2 aromatic heterocycles. The maximum Gasteiger partial charge on any atom is 0.203 e. The van der Waals surface area contributed by atoms with Gasteiger partial charge in [0.1, 0.15) is 10.0 Å². The molecule has 98 valence electrons. The van der Waals surface area contributed by atoms with Gasteiger partial charge in [-0.2, -0.15) is 0 Å². The van der Waals surface area contributed by atoms with Crippen LogP contribution >= 0.6 is 22.7 Å². The summed E-state index contributed by atoms with van der Waals surface area (Å²) in [6.45, 7) is 0. The lowest BCUT2D eigenvalue weighted by molar-refractivity contribution is 0.681. The van der Waals surface area contributed by atoms with E-state index in [4.69, 9.17) is 11.5 Å². The first-order valence-corrected chi connectivity index (χ1v) is 8.26. The van der Waals surface area contributed by atoms with Crippen LogP contribution in [0.5, 0.6) is 0 Å². The number of hydrogen-bond acceptors (Lipinski definition) is 9. The molecule has 0 amide bonds. The molecule has 0 radical (unpaired) electrons. The van der Waals surface area contributed by atoms with Crippen LogP contribution in [0.4, 0.5) is 10.3 Å². The van der Waals surface area contributed by atoms with Crippen LogP contribution in [0.3, 0.4) is 0 Å². The van der Waals surface area contributed by atoms with E-state index in [0.29, 0.717) is 34.6 Å². The Morgan fingerprint density at radius 3 is 1.67 bits per heavy atom. The number of nitrogens with two attached hydrogens (primary N) is 2. The molecule has 0 aromatic carbocycles. The van der Waals surface area contributed by atoms with Crippen molar-refractivity contribution in [1.29, 1.82) is 0 Å². The molecule has 4 N–H and O–H groups in total. The van der Waals surface area contributed by atoms with Crippen LogP contribution < -0.4 is 11.5 Å². The second-order valence-corrected chi connectivity index (χ2v) is 7.30. The first kappa shape index (κ1) is 13.3. The van der Waals surface area contributed by atoms with Gasteiger partial charge in [0, 0.05) is 35.1 Å². The average Bonchev–Trinajstić information content (AvgIpc) is 2.93. The zero-order valence-electron chi connectivity index (χ0n) is 9.40.